The average Bonchev–Trinajstić information content (AvgIpc) is 2.59. The lowest BCUT2D eigenvalue weighted by molar-refractivity contribution is 0.0688. The molecule has 0 saturated heterocycles. The molecule has 0 saturated carbocycles. The summed E-state index contributed by atoms with van der Waals surface area (Å²) in [5.74, 6) is -1.01. The summed E-state index contributed by atoms with van der Waals surface area (Å²) in [5.41, 5.74) is 1.95. The van der Waals surface area contributed by atoms with E-state index in [2.05, 4.69) is 15.9 Å². The van der Waals surface area contributed by atoms with Crippen molar-refractivity contribution in [1.82, 2.24) is 4.57 Å². The van der Waals surface area contributed by atoms with Gasteiger partial charge in [0.05, 0.1) is 5.02 Å². The van der Waals surface area contributed by atoms with Gasteiger partial charge in [0.2, 0.25) is 0 Å². The summed E-state index contributed by atoms with van der Waals surface area (Å²) in [6, 6.07) is 7.12. The highest BCUT2D eigenvalue weighted by molar-refractivity contribution is 9.10. The van der Waals surface area contributed by atoms with Gasteiger partial charge in [-0.1, -0.05) is 27.5 Å². The third kappa shape index (κ3) is 2.53. The number of benzene rings is 1. The Kier molecular flexibility index (Phi) is 3.26. The molecule has 5 heteroatoms. The van der Waals surface area contributed by atoms with Gasteiger partial charge in [-0.2, -0.15) is 0 Å². The number of carbonyl (C=O) groups is 1. The van der Waals surface area contributed by atoms with Gasteiger partial charge >= 0.3 is 5.97 Å². The molecule has 2 rings (SSSR count). The largest absolute Gasteiger partial charge is 0.477 e. The van der Waals surface area contributed by atoms with Gasteiger partial charge in [-0.05, 0) is 36.8 Å². The number of carboxylic acids is 1. The van der Waals surface area contributed by atoms with E-state index in [1.54, 1.807) is 10.8 Å². The minimum atomic E-state index is -1.01. The van der Waals surface area contributed by atoms with Crippen LogP contribution in [0.4, 0.5) is 0 Å². The number of nitrogens with zero attached hydrogens (tertiary/aromatic N) is 1. The van der Waals surface area contributed by atoms with Crippen molar-refractivity contribution in [3.63, 3.8) is 0 Å². The first-order valence-electron chi connectivity index (χ1n) is 4.86. The predicted molar refractivity (Wildman–Crippen MR) is 70.2 cm³/mol. The number of aromatic nitrogens is 1. The Bertz CT molecular complexity index is 572. The molecule has 1 N–H and O–H groups in total. The molecule has 0 atom stereocenters. The van der Waals surface area contributed by atoms with E-state index in [4.69, 9.17) is 16.7 Å². The molecule has 0 aliphatic rings. The molecule has 0 amide bonds. The fourth-order valence-corrected chi connectivity index (χ4v) is 2.46. The monoisotopic (exact) mass is 313 g/mol. The summed E-state index contributed by atoms with van der Waals surface area (Å²) in [6.45, 7) is 1.94. The molecular weight excluding hydrogens is 305 g/mol. The quantitative estimate of drug-likeness (QED) is 0.913. The zero-order valence-electron chi connectivity index (χ0n) is 8.95. The van der Waals surface area contributed by atoms with E-state index in [0.29, 0.717) is 5.02 Å². The van der Waals surface area contributed by atoms with Gasteiger partial charge in [-0.15, -0.1) is 0 Å². The molecular formula is C12H9BrClNO2. The summed E-state index contributed by atoms with van der Waals surface area (Å²) < 4.78 is 2.45. The van der Waals surface area contributed by atoms with Crippen molar-refractivity contribution in [3.8, 4) is 5.69 Å². The number of hydrogen-bond acceptors (Lipinski definition) is 1. The summed E-state index contributed by atoms with van der Waals surface area (Å²) in [4.78, 5) is 11.1. The van der Waals surface area contributed by atoms with Crippen molar-refractivity contribution in [3.05, 3.63) is 51.2 Å². The number of aromatic carboxylic acids is 1. The zero-order valence-corrected chi connectivity index (χ0v) is 11.3. The molecule has 1 aromatic carbocycles. The lowest BCUT2D eigenvalue weighted by atomic mass is 10.2. The fraction of sp³-hybridized carbons (Fsp3) is 0.0833. The van der Waals surface area contributed by atoms with Crippen LogP contribution in [0.5, 0.6) is 0 Å². The van der Waals surface area contributed by atoms with Crippen LogP contribution < -0.4 is 0 Å². The van der Waals surface area contributed by atoms with Crippen LogP contribution in [-0.2, 0) is 0 Å². The van der Waals surface area contributed by atoms with Crippen LogP contribution in [0, 0.1) is 6.92 Å². The van der Waals surface area contributed by atoms with E-state index in [-0.39, 0.29) is 5.69 Å². The summed E-state index contributed by atoms with van der Waals surface area (Å²) in [5, 5.41) is 9.49. The van der Waals surface area contributed by atoms with E-state index >= 15 is 0 Å². The Morgan fingerprint density at radius 2 is 2.06 bits per heavy atom. The van der Waals surface area contributed by atoms with Crippen molar-refractivity contribution in [2.45, 2.75) is 6.92 Å². The topological polar surface area (TPSA) is 42.2 Å². The number of hydrogen-bond donors (Lipinski definition) is 1. The molecule has 1 heterocycles. The predicted octanol–water partition coefficient (Wildman–Crippen LogP) is 3.90. The van der Waals surface area contributed by atoms with Gasteiger partial charge in [0.15, 0.2) is 0 Å². The second-order valence-electron chi connectivity index (χ2n) is 3.71. The molecule has 2 aromatic rings. The van der Waals surface area contributed by atoms with Crippen LogP contribution in [0.15, 0.2) is 34.9 Å². The summed E-state index contributed by atoms with van der Waals surface area (Å²) in [7, 11) is 0. The molecule has 88 valence electrons. The lowest BCUT2D eigenvalue weighted by Crippen LogP contribution is -2.05. The highest BCUT2D eigenvalue weighted by Gasteiger charge is 2.13. The molecule has 0 aliphatic heterocycles. The van der Waals surface area contributed by atoms with Gasteiger partial charge in [0, 0.05) is 16.4 Å². The van der Waals surface area contributed by atoms with Gasteiger partial charge in [-0.3, -0.25) is 0 Å². The van der Waals surface area contributed by atoms with Crippen molar-refractivity contribution >= 4 is 33.5 Å². The first-order valence-corrected chi connectivity index (χ1v) is 6.03. The molecule has 17 heavy (non-hydrogen) atoms. The van der Waals surface area contributed by atoms with E-state index in [0.717, 1.165) is 15.7 Å². The maximum Gasteiger partial charge on any atom is 0.352 e. The van der Waals surface area contributed by atoms with Crippen LogP contribution >= 0.6 is 27.5 Å². The van der Waals surface area contributed by atoms with Gasteiger partial charge in [0.25, 0.3) is 0 Å². The summed E-state index contributed by atoms with van der Waals surface area (Å²) >= 11 is 9.23. The van der Waals surface area contributed by atoms with E-state index < -0.39 is 5.97 Å². The standard InChI is InChI=1S/C12H9BrClNO2/c1-7-2-8(13)4-10(3-7)15-6-9(14)5-11(15)12(16)17/h2-6H,1H3,(H,16,17). The zero-order chi connectivity index (χ0) is 12.6. The third-order valence-electron chi connectivity index (χ3n) is 2.31. The average molecular weight is 315 g/mol. The van der Waals surface area contributed by atoms with Crippen molar-refractivity contribution < 1.29 is 9.90 Å². The normalized spacial score (nSPS) is 10.5. The highest BCUT2D eigenvalue weighted by Crippen LogP contribution is 2.23. The lowest BCUT2D eigenvalue weighted by Gasteiger charge is -2.08. The number of carboxylic acid groups (broad SMARTS) is 1. The Hall–Kier alpha value is -1.26. The SMILES string of the molecule is Cc1cc(Br)cc(-n2cc(Cl)cc2C(=O)O)c1. The molecule has 0 aliphatic carbocycles. The summed E-state index contributed by atoms with van der Waals surface area (Å²) in [6.07, 6.45) is 1.59. The Labute approximate surface area is 112 Å². The van der Waals surface area contributed by atoms with Crippen molar-refractivity contribution in [2.75, 3.05) is 0 Å². The van der Waals surface area contributed by atoms with Crippen LogP contribution in [-0.4, -0.2) is 15.6 Å². The second-order valence-corrected chi connectivity index (χ2v) is 5.06. The number of halogens is 2. The fourth-order valence-electron chi connectivity index (χ4n) is 1.66. The molecule has 1 aromatic heterocycles. The Morgan fingerprint density at radius 3 is 2.65 bits per heavy atom. The molecule has 0 unspecified atom stereocenters. The van der Waals surface area contributed by atoms with Crippen molar-refractivity contribution in [1.29, 1.82) is 0 Å². The molecule has 0 fully saturated rings. The minimum absolute atomic E-state index is 0.146. The second kappa shape index (κ2) is 4.55. The van der Waals surface area contributed by atoms with Crippen LogP contribution in [0.3, 0.4) is 0 Å². The Balaban J connectivity index is 2.63. The first-order chi connectivity index (χ1) is 7.97. The minimum Gasteiger partial charge on any atom is -0.477 e. The Morgan fingerprint density at radius 1 is 1.35 bits per heavy atom. The van der Waals surface area contributed by atoms with Crippen LogP contribution in [0.1, 0.15) is 16.1 Å². The number of rotatable bonds is 2. The van der Waals surface area contributed by atoms with Crippen molar-refractivity contribution in [2.24, 2.45) is 0 Å². The smallest absolute Gasteiger partial charge is 0.352 e. The first kappa shape index (κ1) is 12.2. The van der Waals surface area contributed by atoms with E-state index in [1.807, 2.05) is 25.1 Å². The number of aryl methyl sites for hydroxylation is 1. The van der Waals surface area contributed by atoms with Gasteiger partial charge in [-0.25, -0.2) is 4.79 Å². The highest BCUT2D eigenvalue weighted by atomic mass is 79.9. The van der Waals surface area contributed by atoms with Gasteiger partial charge in [0.1, 0.15) is 5.69 Å². The van der Waals surface area contributed by atoms with Crippen LogP contribution in [0.25, 0.3) is 5.69 Å². The van der Waals surface area contributed by atoms with Gasteiger partial charge < -0.3 is 9.67 Å². The molecule has 3 nitrogen and oxygen atoms in total. The maximum absolute atomic E-state index is 11.1. The molecule has 0 spiro atoms. The molecule has 0 bridgehead atoms. The molecule has 0 radical (unpaired) electrons. The van der Waals surface area contributed by atoms with Crippen LogP contribution in [0.2, 0.25) is 5.02 Å². The maximum atomic E-state index is 11.1. The van der Waals surface area contributed by atoms with E-state index in [9.17, 15) is 4.79 Å². The third-order valence-corrected chi connectivity index (χ3v) is 2.98. The van der Waals surface area contributed by atoms with E-state index in [1.165, 1.54) is 6.07 Å².